The minimum Gasteiger partial charge on any atom is -0.496 e. The van der Waals surface area contributed by atoms with Crippen molar-refractivity contribution in [3.63, 3.8) is 0 Å². The van der Waals surface area contributed by atoms with Gasteiger partial charge in [0.25, 0.3) is 0 Å². The number of hydrogen-bond acceptors (Lipinski definition) is 1. The zero-order valence-corrected chi connectivity index (χ0v) is 18.3. The van der Waals surface area contributed by atoms with Gasteiger partial charge in [0, 0.05) is 15.6 Å². The lowest BCUT2D eigenvalue weighted by Gasteiger charge is -2.32. The van der Waals surface area contributed by atoms with Crippen LogP contribution in [0.25, 0.3) is 0 Å². The van der Waals surface area contributed by atoms with Crippen molar-refractivity contribution in [3.8, 4) is 5.75 Å². The highest BCUT2D eigenvalue weighted by molar-refractivity contribution is 9.10. The van der Waals surface area contributed by atoms with Crippen molar-refractivity contribution in [1.82, 2.24) is 0 Å². The summed E-state index contributed by atoms with van der Waals surface area (Å²) in [7, 11) is 1.66. The van der Waals surface area contributed by atoms with Crippen LogP contribution in [-0.2, 0) is 6.42 Å². The molecule has 0 unspecified atom stereocenters. The predicted octanol–water partition coefficient (Wildman–Crippen LogP) is 7.53. The van der Waals surface area contributed by atoms with Crippen LogP contribution in [0.2, 0.25) is 0 Å². The van der Waals surface area contributed by atoms with Crippen molar-refractivity contribution in [2.75, 3.05) is 7.11 Å². The standard InChI is InChI=1S/C23H34BrFO/c1-15-21(24)16(2)23(26-3)20(22(15)25)14-19-11-9-18(10-12-19)13-17-7-5-4-6-8-17/h17-19H,4-14H2,1-3H3. The summed E-state index contributed by atoms with van der Waals surface area (Å²) in [6.45, 7) is 3.87. The maximum atomic E-state index is 14.9. The molecule has 1 aromatic carbocycles. The first-order valence-electron chi connectivity index (χ1n) is 10.5. The van der Waals surface area contributed by atoms with E-state index in [1.54, 1.807) is 7.11 Å². The summed E-state index contributed by atoms with van der Waals surface area (Å²) >= 11 is 3.52. The van der Waals surface area contributed by atoms with Gasteiger partial charge in [0.1, 0.15) is 11.6 Å². The normalized spacial score (nSPS) is 24.7. The van der Waals surface area contributed by atoms with E-state index in [0.717, 1.165) is 39.6 Å². The average Bonchev–Trinajstić information content (AvgIpc) is 2.67. The Kier molecular flexibility index (Phi) is 7.05. The molecule has 0 radical (unpaired) electrons. The van der Waals surface area contributed by atoms with Gasteiger partial charge >= 0.3 is 0 Å². The van der Waals surface area contributed by atoms with Crippen LogP contribution >= 0.6 is 15.9 Å². The van der Waals surface area contributed by atoms with Crippen molar-refractivity contribution >= 4 is 15.9 Å². The van der Waals surface area contributed by atoms with E-state index in [-0.39, 0.29) is 5.82 Å². The lowest BCUT2D eigenvalue weighted by Crippen LogP contribution is -2.20. The van der Waals surface area contributed by atoms with Crippen molar-refractivity contribution in [2.45, 2.75) is 84.5 Å². The molecule has 2 aliphatic rings. The van der Waals surface area contributed by atoms with Crippen molar-refractivity contribution in [2.24, 2.45) is 17.8 Å². The first-order chi connectivity index (χ1) is 12.5. The lowest BCUT2D eigenvalue weighted by atomic mass is 9.73. The van der Waals surface area contributed by atoms with Crippen molar-refractivity contribution in [3.05, 3.63) is 27.0 Å². The van der Waals surface area contributed by atoms with Gasteiger partial charge in [0.2, 0.25) is 0 Å². The Balaban J connectivity index is 1.61. The van der Waals surface area contributed by atoms with E-state index in [1.165, 1.54) is 64.2 Å². The third-order valence-electron chi connectivity index (χ3n) is 6.92. The van der Waals surface area contributed by atoms with E-state index in [0.29, 0.717) is 11.5 Å². The molecule has 26 heavy (non-hydrogen) atoms. The molecule has 0 amide bonds. The molecule has 0 atom stereocenters. The van der Waals surface area contributed by atoms with Crippen LogP contribution in [0, 0.1) is 37.4 Å². The zero-order valence-electron chi connectivity index (χ0n) is 16.7. The fourth-order valence-corrected chi connectivity index (χ4v) is 5.70. The highest BCUT2D eigenvalue weighted by atomic mass is 79.9. The van der Waals surface area contributed by atoms with Crippen LogP contribution in [0.4, 0.5) is 4.39 Å². The highest BCUT2D eigenvalue weighted by Gasteiger charge is 2.27. The molecule has 0 heterocycles. The molecule has 0 N–H and O–H groups in total. The summed E-state index contributed by atoms with van der Waals surface area (Å²) in [5, 5.41) is 0. The molecule has 3 rings (SSSR count). The maximum absolute atomic E-state index is 14.9. The summed E-state index contributed by atoms with van der Waals surface area (Å²) in [6, 6.07) is 0. The number of methoxy groups -OCH3 is 1. The summed E-state index contributed by atoms with van der Waals surface area (Å²) < 4.78 is 21.3. The number of halogens is 2. The highest BCUT2D eigenvalue weighted by Crippen LogP contribution is 2.41. The molecule has 1 nitrogen and oxygen atoms in total. The Morgan fingerprint density at radius 3 is 2.08 bits per heavy atom. The fourth-order valence-electron chi connectivity index (χ4n) is 5.34. The predicted molar refractivity (Wildman–Crippen MR) is 110 cm³/mol. The van der Waals surface area contributed by atoms with E-state index < -0.39 is 0 Å². The summed E-state index contributed by atoms with van der Waals surface area (Å²) in [5.74, 6) is 3.16. The Morgan fingerprint density at radius 2 is 1.46 bits per heavy atom. The van der Waals surface area contributed by atoms with E-state index >= 15 is 0 Å². The molecule has 0 spiro atoms. The van der Waals surface area contributed by atoms with Crippen LogP contribution in [0.1, 0.15) is 80.9 Å². The molecular formula is C23H34BrFO. The average molecular weight is 425 g/mol. The summed E-state index contributed by atoms with van der Waals surface area (Å²) in [4.78, 5) is 0. The van der Waals surface area contributed by atoms with Crippen molar-refractivity contribution in [1.29, 1.82) is 0 Å². The number of ether oxygens (including phenoxy) is 1. The smallest absolute Gasteiger partial charge is 0.134 e. The molecule has 1 aromatic rings. The van der Waals surface area contributed by atoms with Gasteiger partial charge in [0.15, 0.2) is 0 Å². The largest absolute Gasteiger partial charge is 0.496 e. The maximum Gasteiger partial charge on any atom is 0.134 e. The van der Waals surface area contributed by atoms with Crippen LogP contribution in [0.5, 0.6) is 5.75 Å². The second kappa shape index (κ2) is 9.08. The van der Waals surface area contributed by atoms with E-state index in [1.807, 2.05) is 13.8 Å². The molecule has 2 saturated carbocycles. The minimum absolute atomic E-state index is 0.0799. The van der Waals surface area contributed by atoms with Crippen LogP contribution in [-0.4, -0.2) is 7.11 Å². The Morgan fingerprint density at radius 1 is 0.885 bits per heavy atom. The van der Waals surface area contributed by atoms with Crippen LogP contribution < -0.4 is 4.74 Å². The quantitative estimate of drug-likeness (QED) is 0.474. The SMILES string of the molecule is COc1c(C)c(Br)c(C)c(F)c1CC1CCC(CC2CCCCC2)CC1. The van der Waals surface area contributed by atoms with E-state index in [9.17, 15) is 4.39 Å². The molecule has 0 saturated heterocycles. The van der Waals surface area contributed by atoms with Gasteiger partial charge in [-0.15, -0.1) is 0 Å². The second-order valence-electron chi connectivity index (χ2n) is 8.72. The molecule has 0 aromatic heterocycles. The third kappa shape index (κ3) is 4.46. The number of benzene rings is 1. The Hall–Kier alpha value is -0.570. The molecule has 3 heteroatoms. The number of hydrogen-bond donors (Lipinski definition) is 0. The zero-order chi connectivity index (χ0) is 18.7. The molecule has 146 valence electrons. The Labute approximate surface area is 167 Å². The summed E-state index contributed by atoms with van der Waals surface area (Å²) in [6.07, 6.45) is 14.7. The third-order valence-corrected chi connectivity index (χ3v) is 8.11. The molecule has 2 fully saturated rings. The van der Waals surface area contributed by atoms with Gasteiger partial charge in [-0.05, 0) is 62.8 Å². The van der Waals surface area contributed by atoms with E-state index in [2.05, 4.69) is 15.9 Å². The molecule has 0 aliphatic heterocycles. The van der Waals surface area contributed by atoms with Crippen LogP contribution in [0.15, 0.2) is 4.47 Å². The lowest BCUT2D eigenvalue weighted by molar-refractivity contribution is 0.210. The first-order valence-corrected chi connectivity index (χ1v) is 11.3. The number of rotatable bonds is 5. The molecular weight excluding hydrogens is 391 g/mol. The minimum atomic E-state index is -0.0799. The topological polar surface area (TPSA) is 9.23 Å². The van der Waals surface area contributed by atoms with Gasteiger partial charge in [-0.1, -0.05) is 60.9 Å². The fraction of sp³-hybridized carbons (Fsp3) is 0.739. The van der Waals surface area contributed by atoms with Gasteiger partial charge in [-0.25, -0.2) is 4.39 Å². The van der Waals surface area contributed by atoms with Crippen LogP contribution in [0.3, 0.4) is 0 Å². The van der Waals surface area contributed by atoms with Gasteiger partial charge in [-0.2, -0.15) is 0 Å². The summed E-state index contributed by atoms with van der Waals surface area (Å²) in [5.41, 5.74) is 2.53. The Bertz CT molecular complexity index is 613. The van der Waals surface area contributed by atoms with Gasteiger partial charge < -0.3 is 4.74 Å². The molecule has 2 aliphatic carbocycles. The van der Waals surface area contributed by atoms with Crippen molar-refractivity contribution < 1.29 is 9.13 Å². The second-order valence-corrected chi connectivity index (χ2v) is 9.51. The first kappa shape index (κ1) is 20.2. The van der Waals surface area contributed by atoms with E-state index in [4.69, 9.17) is 4.74 Å². The van der Waals surface area contributed by atoms with Gasteiger partial charge in [0.05, 0.1) is 7.11 Å². The monoisotopic (exact) mass is 424 g/mol. The molecule has 0 bridgehead atoms. The van der Waals surface area contributed by atoms with Gasteiger partial charge in [-0.3, -0.25) is 0 Å².